The lowest BCUT2D eigenvalue weighted by atomic mass is 9.77. The molecule has 1 aromatic heterocycles. The third-order valence-electron chi connectivity index (χ3n) is 13.3. The summed E-state index contributed by atoms with van der Waals surface area (Å²) in [5.41, 5.74) is 7.85. The van der Waals surface area contributed by atoms with E-state index < -0.39 is 49.8 Å². The Bertz CT molecular complexity index is 2780. The maximum Gasteiger partial charge on any atom is 0.407 e. The van der Waals surface area contributed by atoms with Gasteiger partial charge in [-0.25, -0.2) is 9.78 Å². The average Bonchev–Trinajstić information content (AvgIpc) is 3.97. The van der Waals surface area contributed by atoms with Crippen molar-refractivity contribution in [3.63, 3.8) is 0 Å². The summed E-state index contributed by atoms with van der Waals surface area (Å²) >= 11 is 0. The fraction of sp³-hybridized carbons (Fsp3) is 0.283. The Morgan fingerprint density at radius 1 is 0.690 bits per heavy atom. The van der Waals surface area contributed by atoms with Gasteiger partial charge in [0.05, 0.1) is 24.0 Å². The van der Waals surface area contributed by atoms with Gasteiger partial charge in [0.15, 0.2) is 5.78 Å². The maximum absolute atomic E-state index is 15.2. The number of nitrogens with one attached hydrogen (secondary N) is 1. The molecule has 8 rings (SSSR count). The summed E-state index contributed by atoms with van der Waals surface area (Å²) < 4.78 is 14.1. The Balaban J connectivity index is 1.14. The first kappa shape index (κ1) is 50.0. The molecule has 1 aliphatic rings. The lowest BCUT2D eigenvalue weighted by Crippen LogP contribution is -2.54. The van der Waals surface area contributed by atoms with Crippen LogP contribution in [0.15, 0.2) is 182 Å². The molecule has 11 heteroatoms. The molecule has 0 unspecified atom stereocenters. The van der Waals surface area contributed by atoms with E-state index in [1.54, 1.807) is 13.4 Å². The van der Waals surface area contributed by atoms with Crippen LogP contribution in [0.5, 0.6) is 0 Å². The number of rotatable bonds is 20. The molecule has 6 aromatic carbocycles. The van der Waals surface area contributed by atoms with Gasteiger partial charge in [-0.15, -0.1) is 0 Å². The zero-order chi connectivity index (χ0) is 50.1. The molecule has 10 nitrogen and oxygen atoms in total. The molecule has 3 atom stereocenters. The lowest BCUT2D eigenvalue weighted by Gasteiger charge is -2.37. The smallest absolute Gasteiger partial charge is 0.407 e. The molecule has 0 saturated heterocycles. The van der Waals surface area contributed by atoms with Gasteiger partial charge in [0.2, 0.25) is 14.2 Å². The standard InChI is InChI=1S/C60H64N4O6Si/c1-42(2)35-44(58(67)70-71(4,5)6)37-56(65)55(38-48-39-64(41-61-48)60(45-25-13-8-14-26-45,46-27-15-9-16-28-46)47-29-17-10-18-30-47)63(3)57(66)54(36-43-23-11-7-12-24-43)62-59(68)69-40-53-51-33-21-19-31-49(51)50-32-20-22-34-52(50)53/h7-34,39,41-42,44,53-55H,35-38,40H2,1-6H3,(H,62,68)/t44-,54+,55+/m1/s1. The number of carbonyl (C=O) groups excluding carboxylic acids is 4. The number of carbonyl (C=O) groups is 4. The summed E-state index contributed by atoms with van der Waals surface area (Å²) in [5.74, 6) is -2.02. The first-order valence-electron chi connectivity index (χ1n) is 24.6. The number of nitrogens with zero attached hydrogens (tertiary/aromatic N) is 3. The van der Waals surface area contributed by atoms with Crippen LogP contribution in [-0.2, 0) is 41.9 Å². The molecule has 0 radical (unpaired) electrons. The normalized spacial score (nSPS) is 13.6. The van der Waals surface area contributed by atoms with E-state index in [-0.39, 0.29) is 43.5 Å². The molecule has 2 amide bonds. The van der Waals surface area contributed by atoms with Crippen LogP contribution in [0.3, 0.4) is 0 Å². The molecule has 0 aliphatic heterocycles. The number of amides is 2. The largest absolute Gasteiger partial charge is 0.520 e. The summed E-state index contributed by atoms with van der Waals surface area (Å²) in [4.78, 5) is 64.6. The van der Waals surface area contributed by atoms with Crippen LogP contribution >= 0.6 is 0 Å². The molecule has 364 valence electrons. The molecular weight excluding hydrogens is 901 g/mol. The van der Waals surface area contributed by atoms with Crippen molar-refractivity contribution >= 4 is 32.1 Å². The van der Waals surface area contributed by atoms with Crippen molar-refractivity contribution in [2.75, 3.05) is 13.7 Å². The van der Waals surface area contributed by atoms with E-state index in [1.165, 1.54) is 4.90 Å². The Kier molecular flexibility index (Phi) is 15.6. The molecule has 1 aliphatic carbocycles. The number of aromatic nitrogens is 2. The van der Waals surface area contributed by atoms with Crippen molar-refractivity contribution in [1.82, 2.24) is 19.8 Å². The third-order valence-corrected chi connectivity index (χ3v) is 14.2. The zero-order valence-corrected chi connectivity index (χ0v) is 42.5. The monoisotopic (exact) mass is 964 g/mol. The van der Waals surface area contributed by atoms with Crippen molar-refractivity contribution in [2.24, 2.45) is 11.8 Å². The van der Waals surface area contributed by atoms with Gasteiger partial charge in [0, 0.05) is 38.4 Å². The molecule has 71 heavy (non-hydrogen) atoms. The maximum atomic E-state index is 15.2. The van der Waals surface area contributed by atoms with Crippen LogP contribution in [-0.4, -0.2) is 72.3 Å². The quantitative estimate of drug-likeness (QED) is 0.0597. The Morgan fingerprint density at radius 3 is 1.69 bits per heavy atom. The predicted octanol–water partition coefficient (Wildman–Crippen LogP) is 11.2. The number of hydrogen-bond donors (Lipinski definition) is 1. The van der Waals surface area contributed by atoms with Crippen molar-refractivity contribution < 1.29 is 28.3 Å². The minimum absolute atomic E-state index is 0.0307. The number of likely N-dealkylation sites (N-methyl/N-ethyl adjacent to an activating group) is 1. The number of benzene rings is 6. The van der Waals surface area contributed by atoms with Gasteiger partial charge in [0.25, 0.3) is 5.97 Å². The predicted molar refractivity (Wildman–Crippen MR) is 281 cm³/mol. The SMILES string of the molecule is CC(C)C[C@H](CC(=O)[C@H](Cc1cn(C(c2ccccc2)(c2ccccc2)c2ccccc2)cn1)N(C)C(=O)[C@H](Cc1ccccc1)NC(=O)OCC1c2ccccc2-c2ccccc21)C(=O)O[Si](C)(C)C. The van der Waals surface area contributed by atoms with E-state index in [0.29, 0.717) is 12.1 Å². The number of ketones is 1. The van der Waals surface area contributed by atoms with Gasteiger partial charge < -0.3 is 23.9 Å². The van der Waals surface area contributed by atoms with E-state index in [0.717, 1.165) is 44.5 Å². The lowest BCUT2D eigenvalue weighted by molar-refractivity contribution is -0.144. The highest BCUT2D eigenvalue weighted by Crippen LogP contribution is 2.45. The summed E-state index contributed by atoms with van der Waals surface area (Å²) in [6.07, 6.45) is 3.44. The van der Waals surface area contributed by atoms with Gasteiger partial charge in [-0.1, -0.05) is 184 Å². The van der Waals surface area contributed by atoms with Gasteiger partial charge in [-0.3, -0.25) is 14.4 Å². The second-order valence-electron chi connectivity index (χ2n) is 20.0. The molecule has 7 aromatic rings. The average molecular weight is 965 g/mol. The van der Waals surface area contributed by atoms with Crippen molar-refractivity contribution in [2.45, 2.75) is 82.7 Å². The van der Waals surface area contributed by atoms with Crippen LogP contribution in [0.25, 0.3) is 11.1 Å². The first-order chi connectivity index (χ1) is 34.2. The summed E-state index contributed by atoms with van der Waals surface area (Å²) in [6, 6.07) is 54.2. The Morgan fingerprint density at radius 2 is 1.18 bits per heavy atom. The van der Waals surface area contributed by atoms with Gasteiger partial charge in [-0.05, 0) is 76.5 Å². The Hall–Kier alpha value is -7.37. The van der Waals surface area contributed by atoms with Crippen molar-refractivity contribution in [3.8, 4) is 11.1 Å². The minimum Gasteiger partial charge on any atom is -0.520 e. The zero-order valence-electron chi connectivity index (χ0n) is 41.5. The van der Waals surface area contributed by atoms with Crippen LogP contribution in [0.1, 0.15) is 71.7 Å². The molecule has 0 fully saturated rings. The Labute approximate surface area is 419 Å². The van der Waals surface area contributed by atoms with Crippen LogP contribution in [0, 0.1) is 11.8 Å². The number of imidazole rings is 1. The molecule has 0 saturated carbocycles. The van der Waals surface area contributed by atoms with Crippen LogP contribution in [0.2, 0.25) is 19.6 Å². The van der Waals surface area contributed by atoms with Crippen molar-refractivity contribution in [3.05, 3.63) is 221 Å². The fourth-order valence-electron chi connectivity index (χ4n) is 10.1. The van der Waals surface area contributed by atoms with Gasteiger partial charge in [-0.2, -0.15) is 0 Å². The highest BCUT2D eigenvalue weighted by atomic mass is 28.4. The molecule has 0 spiro atoms. The molecule has 1 N–H and O–H groups in total. The summed E-state index contributed by atoms with van der Waals surface area (Å²) in [7, 11) is -0.724. The van der Waals surface area contributed by atoms with Gasteiger partial charge in [0.1, 0.15) is 18.2 Å². The fourth-order valence-corrected chi connectivity index (χ4v) is 10.9. The number of ether oxygens (including phenoxy) is 1. The minimum atomic E-state index is -2.32. The number of alkyl carbamates (subject to hydrolysis) is 1. The number of Topliss-reactive ketones (excluding diaryl/α,β-unsaturated/α-hetero) is 1. The molecule has 1 heterocycles. The second kappa shape index (κ2) is 22.1. The van der Waals surface area contributed by atoms with Crippen LogP contribution in [0.4, 0.5) is 4.79 Å². The highest BCUT2D eigenvalue weighted by molar-refractivity contribution is 6.71. The van der Waals surface area contributed by atoms with E-state index in [1.807, 2.05) is 149 Å². The molecular formula is C60H64N4O6Si. The highest BCUT2D eigenvalue weighted by Gasteiger charge is 2.41. The van der Waals surface area contributed by atoms with E-state index >= 15 is 9.59 Å². The number of hydrogen-bond acceptors (Lipinski definition) is 7. The van der Waals surface area contributed by atoms with Crippen LogP contribution < -0.4 is 5.32 Å². The number of fused-ring (bicyclic) bond motifs is 3. The van der Waals surface area contributed by atoms with Gasteiger partial charge >= 0.3 is 6.09 Å². The summed E-state index contributed by atoms with van der Waals surface area (Å²) in [6.45, 7) is 9.93. The third kappa shape index (κ3) is 11.5. The summed E-state index contributed by atoms with van der Waals surface area (Å²) in [5, 5.41) is 2.91. The van der Waals surface area contributed by atoms with Crippen molar-refractivity contribution in [1.29, 1.82) is 0 Å². The molecule has 0 bridgehead atoms. The topological polar surface area (TPSA) is 120 Å². The first-order valence-corrected chi connectivity index (χ1v) is 28.0. The van der Waals surface area contributed by atoms with E-state index in [4.69, 9.17) is 14.1 Å². The second-order valence-corrected chi connectivity index (χ2v) is 24.4. The van der Waals surface area contributed by atoms with E-state index in [2.05, 4.69) is 70.5 Å². The van der Waals surface area contributed by atoms with E-state index in [9.17, 15) is 9.59 Å².